The first-order valence-electron chi connectivity index (χ1n) is 9.71. The van der Waals surface area contributed by atoms with Gasteiger partial charge in [0.05, 0.1) is 10.7 Å². The molecular weight excluding hydrogens is 470 g/mol. The van der Waals surface area contributed by atoms with Crippen LogP contribution in [0.2, 0.25) is 0 Å². The predicted octanol–water partition coefficient (Wildman–Crippen LogP) is 2.48. The highest BCUT2D eigenvalue weighted by Crippen LogP contribution is 2.31. The lowest BCUT2D eigenvalue weighted by Crippen LogP contribution is -2.44. The lowest BCUT2D eigenvalue weighted by Gasteiger charge is -2.32. The van der Waals surface area contributed by atoms with Gasteiger partial charge in [0.25, 0.3) is 10.2 Å². The summed E-state index contributed by atoms with van der Waals surface area (Å²) in [5.74, 6) is 1.03. The first-order valence-corrected chi connectivity index (χ1v) is 11.9. The number of piperidine rings is 1. The molecule has 0 aliphatic carbocycles. The van der Waals surface area contributed by atoms with Gasteiger partial charge in [0.15, 0.2) is 5.65 Å². The van der Waals surface area contributed by atoms with Gasteiger partial charge in [-0.05, 0) is 40.4 Å². The topological polar surface area (TPSA) is 95.7 Å². The van der Waals surface area contributed by atoms with Crippen LogP contribution in [0, 0.1) is 0 Å². The summed E-state index contributed by atoms with van der Waals surface area (Å²) in [4.78, 5) is 8.97. The van der Waals surface area contributed by atoms with Crippen molar-refractivity contribution in [2.45, 2.75) is 25.3 Å². The minimum atomic E-state index is -3.38. The van der Waals surface area contributed by atoms with E-state index in [1.807, 2.05) is 24.4 Å². The van der Waals surface area contributed by atoms with Crippen molar-refractivity contribution in [2.24, 2.45) is 0 Å². The van der Waals surface area contributed by atoms with Gasteiger partial charge in [-0.15, -0.1) is 0 Å². The molecule has 0 unspecified atom stereocenters. The van der Waals surface area contributed by atoms with Crippen LogP contribution in [0.1, 0.15) is 30.0 Å². The molecule has 4 heterocycles. The Bertz CT molecular complexity index is 1130. The summed E-state index contributed by atoms with van der Waals surface area (Å²) >= 11 is 3.53. The maximum Gasteiger partial charge on any atom is 0.281 e. The predicted molar refractivity (Wildman–Crippen MR) is 118 cm³/mol. The van der Waals surface area contributed by atoms with E-state index in [0.29, 0.717) is 19.6 Å². The van der Waals surface area contributed by atoms with E-state index in [4.69, 9.17) is 4.98 Å². The minimum absolute atomic E-state index is 0.185. The van der Waals surface area contributed by atoms with Gasteiger partial charge in [0.2, 0.25) is 0 Å². The third kappa shape index (κ3) is 4.20. The molecule has 4 rings (SSSR count). The number of rotatable bonds is 6. The monoisotopic (exact) mass is 493 g/mol. The molecule has 3 aromatic rings. The lowest BCUT2D eigenvalue weighted by atomic mass is 9.94. The molecule has 0 amide bonds. The Morgan fingerprint density at radius 2 is 2.03 bits per heavy atom. The quantitative estimate of drug-likeness (QED) is 0.566. The minimum Gasteiger partial charge on any atom is -0.366 e. The Balaban J connectivity index is 1.57. The van der Waals surface area contributed by atoms with Crippen molar-refractivity contribution < 1.29 is 8.42 Å². The SMILES string of the molecule is CN(C)S(=O)(=O)N1CCC(c2cc(NCc3cccnc3)n3ncc(Br)c3n2)CC1. The molecule has 0 spiro atoms. The molecule has 1 aliphatic heterocycles. The van der Waals surface area contributed by atoms with Crippen LogP contribution in [0.4, 0.5) is 5.82 Å². The lowest BCUT2D eigenvalue weighted by molar-refractivity contribution is 0.300. The van der Waals surface area contributed by atoms with Crippen LogP contribution in [-0.4, -0.2) is 63.8 Å². The number of nitrogens with zero attached hydrogens (tertiary/aromatic N) is 6. The summed E-state index contributed by atoms with van der Waals surface area (Å²) in [6.07, 6.45) is 6.76. The van der Waals surface area contributed by atoms with E-state index in [9.17, 15) is 8.42 Å². The number of hydrogen-bond acceptors (Lipinski definition) is 6. The molecule has 1 aliphatic rings. The number of hydrogen-bond donors (Lipinski definition) is 1. The zero-order chi connectivity index (χ0) is 21.3. The molecule has 30 heavy (non-hydrogen) atoms. The smallest absolute Gasteiger partial charge is 0.281 e. The van der Waals surface area contributed by atoms with E-state index >= 15 is 0 Å². The van der Waals surface area contributed by atoms with E-state index in [1.54, 1.807) is 35.3 Å². The summed E-state index contributed by atoms with van der Waals surface area (Å²) in [7, 11) is -0.252. The largest absolute Gasteiger partial charge is 0.366 e. The normalized spacial score (nSPS) is 16.4. The molecule has 1 saturated heterocycles. The van der Waals surface area contributed by atoms with Crippen LogP contribution >= 0.6 is 15.9 Å². The van der Waals surface area contributed by atoms with Gasteiger partial charge in [-0.2, -0.15) is 26.6 Å². The Labute approximate surface area is 184 Å². The van der Waals surface area contributed by atoms with Crippen molar-refractivity contribution in [2.75, 3.05) is 32.5 Å². The van der Waals surface area contributed by atoms with Crippen molar-refractivity contribution in [3.05, 3.63) is 52.5 Å². The first kappa shape index (κ1) is 21.2. The van der Waals surface area contributed by atoms with Crippen molar-refractivity contribution >= 4 is 37.6 Å². The molecule has 1 fully saturated rings. The molecule has 160 valence electrons. The average Bonchev–Trinajstić information content (AvgIpc) is 3.13. The molecular formula is C19H24BrN7O2S. The van der Waals surface area contributed by atoms with Crippen LogP contribution in [0.5, 0.6) is 0 Å². The molecule has 0 saturated carbocycles. The van der Waals surface area contributed by atoms with E-state index in [2.05, 4.69) is 31.3 Å². The fraction of sp³-hybridized carbons (Fsp3) is 0.421. The van der Waals surface area contributed by atoms with Crippen LogP contribution in [-0.2, 0) is 16.8 Å². The fourth-order valence-electron chi connectivity index (χ4n) is 3.60. The van der Waals surface area contributed by atoms with Crippen LogP contribution in [0.3, 0.4) is 0 Å². The summed E-state index contributed by atoms with van der Waals surface area (Å²) in [6, 6.07) is 5.94. The van der Waals surface area contributed by atoms with E-state index < -0.39 is 10.2 Å². The van der Waals surface area contributed by atoms with Gasteiger partial charge in [-0.3, -0.25) is 4.98 Å². The van der Waals surface area contributed by atoms with E-state index in [-0.39, 0.29) is 5.92 Å². The number of nitrogens with one attached hydrogen (secondary N) is 1. The van der Waals surface area contributed by atoms with Gasteiger partial charge in [0.1, 0.15) is 5.82 Å². The Morgan fingerprint density at radius 3 is 2.70 bits per heavy atom. The first-order chi connectivity index (χ1) is 14.4. The molecule has 0 aromatic carbocycles. The number of pyridine rings is 1. The van der Waals surface area contributed by atoms with E-state index in [1.165, 1.54) is 4.31 Å². The van der Waals surface area contributed by atoms with Gasteiger partial charge in [-0.25, -0.2) is 4.98 Å². The van der Waals surface area contributed by atoms with Crippen molar-refractivity contribution in [1.29, 1.82) is 0 Å². The molecule has 0 atom stereocenters. The number of halogens is 1. The standard InChI is InChI=1S/C19H24BrN7O2S/c1-25(2)30(28,29)26-8-5-15(6-9-26)17-10-18(22-12-14-4-3-7-21-11-14)27-19(24-17)16(20)13-23-27/h3-4,7,10-11,13,15,22H,5-6,8-9,12H2,1-2H3. The maximum atomic E-state index is 12.4. The van der Waals surface area contributed by atoms with Gasteiger partial charge < -0.3 is 5.32 Å². The Hall–Kier alpha value is -2.08. The molecule has 1 N–H and O–H groups in total. The second-order valence-electron chi connectivity index (χ2n) is 7.47. The average molecular weight is 494 g/mol. The molecule has 11 heteroatoms. The molecule has 9 nitrogen and oxygen atoms in total. The number of aromatic nitrogens is 4. The number of anilines is 1. The van der Waals surface area contributed by atoms with Crippen LogP contribution in [0.25, 0.3) is 5.65 Å². The second-order valence-corrected chi connectivity index (χ2v) is 10.5. The zero-order valence-electron chi connectivity index (χ0n) is 16.9. The van der Waals surface area contributed by atoms with Gasteiger partial charge >= 0.3 is 0 Å². The summed E-state index contributed by atoms with van der Waals surface area (Å²) < 4.78 is 30.2. The molecule has 0 bridgehead atoms. The Morgan fingerprint density at radius 1 is 1.27 bits per heavy atom. The fourth-order valence-corrected chi connectivity index (χ4v) is 5.08. The van der Waals surface area contributed by atoms with Gasteiger partial charge in [-0.1, -0.05) is 6.07 Å². The van der Waals surface area contributed by atoms with Crippen LogP contribution < -0.4 is 5.32 Å². The highest BCUT2D eigenvalue weighted by molar-refractivity contribution is 9.10. The zero-order valence-corrected chi connectivity index (χ0v) is 19.3. The second kappa shape index (κ2) is 8.58. The van der Waals surface area contributed by atoms with Gasteiger partial charge in [0, 0.05) is 63.8 Å². The van der Waals surface area contributed by atoms with Crippen molar-refractivity contribution in [3.8, 4) is 0 Å². The summed E-state index contributed by atoms with van der Waals surface area (Å²) in [6.45, 7) is 1.58. The van der Waals surface area contributed by atoms with Crippen molar-refractivity contribution in [1.82, 2.24) is 28.2 Å². The van der Waals surface area contributed by atoms with Crippen LogP contribution in [0.15, 0.2) is 41.3 Å². The third-order valence-electron chi connectivity index (χ3n) is 5.30. The van der Waals surface area contributed by atoms with E-state index in [0.717, 1.165) is 40.0 Å². The molecule has 0 radical (unpaired) electrons. The molecule has 3 aromatic heterocycles. The highest BCUT2D eigenvalue weighted by Gasteiger charge is 2.31. The summed E-state index contributed by atoms with van der Waals surface area (Å²) in [5, 5.41) is 7.85. The van der Waals surface area contributed by atoms with Crippen molar-refractivity contribution in [3.63, 3.8) is 0 Å². The third-order valence-corrected chi connectivity index (χ3v) is 7.80. The highest BCUT2D eigenvalue weighted by atomic mass is 79.9. The maximum absolute atomic E-state index is 12.4. The summed E-state index contributed by atoms with van der Waals surface area (Å²) in [5.41, 5.74) is 2.75. The Kier molecular flexibility index (Phi) is 6.05. The number of fused-ring (bicyclic) bond motifs is 1.